The van der Waals surface area contributed by atoms with Gasteiger partial charge in [-0.1, -0.05) is 36.4 Å². The van der Waals surface area contributed by atoms with Crippen molar-refractivity contribution in [3.8, 4) is 17.6 Å². The molecule has 0 aliphatic heterocycles. The van der Waals surface area contributed by atoms with E-state index in [1.54, 1.807) is 54.6 Å². The van der Waals surface area contributed by atoms with Gasteiger partial charge in [-0.05, 0) is 60.5 Å². The van der Waals surface area contributed by atoms with Crippen LogP contribution in [0, 0.1) is 17.1 Å². The molecule has 0 aromatic heterocycles. The van der Waals surface area contributed by atoms with Gasteiger partial charge in [-0.25, -0.2) is 4.39 Å². The van der Waals surface area contributed by atoms with Crippen LogP contribution < -0.4 is 14.8 Å². The van der Waals surface area contributed by atoms with Crippen LogP contribution >= 0.6 is 0 Å². The van der Waals surface area contributed by atoms with Crippen molar-refractivity contribution in [1.82, 2.24) is 0 Å². The Balaban J connectivity index is 1.78. The SMILES string of the molecule is CCOc1cc(/C=C(/C#N)C(=O)Nc2ccccc2)ccc1OCc1cccc(F)c1. The average molecular weight is 416 g/mol. The van der Waals surface area contributed by atoms with E-state index in [0.29, 0.717) is 34.9 Å². The fraction of sp³-hybridized carbons (Fsp3) is 0.120. The Bertz CT molecular complexity index is 1120. The lowest BCUT2D eigenvalue weighted by molar-refractivity contribution is -0.112. The second kappa shape index (κ2) is 10.6. The quantitative estimate of drug-likeness (QED) is 0.397. The Labute approximate surface area is 180 Å². The minimum atomic E-state index is -0.502. The number of carbonyl (C=O) groups is 1. The topological polar surface area (TPSA) is 71.3 Å². The predicted octanol–water partition coefficient (Wildman–Crippen LogP) is 5.35. The number of anilines is 1. The van der Waals surface area contributed by atoms with Crippen molar-refractivity contribution < 1.29 is 18.7 Å². The zero-order valence-electron chi connectivity index (χ0n) is 17.0. The first-order chi connectivity index (χ1) is 15.1. The van der Waals surface area contributed by atoms with Gasteiger partial charge in [0.2, 0.25) is 0 Å². The molecule has 3 aromatic rings. The zero-order valence-corrected chi connectivity index (χ0v) is 17.0. The van der Waals surface area contributed by atoms with Crippen LogP contribution in [0.4, 0.5) is 10.1 Å². The molecule has 1 amide bonds. The van der Waals surface area contributed by atoms with Crippen LogP contribution in [0.25, 0.3) is 6.08 Å². The van der Waals surface area contributed by atoms with Crippen molar-refractivity contribution in [2.24, 2.45) is 0 Å². The van der Waals surface area contributed by atoms with Gasteiger partial charge in [-0.3, -0.25) is 4.79 Å². The first-order valence-corrected chi connectivity index (χ1v) is 9.71. The molecule has 1 N–H and O–H groups in total. The highest BCUT2D eigenvalue weighted by Crippen LogP contribution is 2.30. The number of hydrogen-bond donors (Lipinski definition) is 1. The lowest BCUT2D eigenvalue weighted by Gasteiger charge is -2.13. The predicted molar refractivity (Wildman–Crippen MR) is 117 cm³/mol. The number of nitrogens with zero attached hydrogens (tertiary/aromatic N) is 1. The number of hydrogen-bond acceptors (Lipinski definition) is 4. The van der Waals surface area contributed by atoms with Crippen LogP contribution in [0.2, 0.25) is 0 Å². The van der Waals surface area contributed by atoms with E-state index >= 15 is 0 Å². The molecule has 0 aliphatic rings. The Morgan fingerprint density at radius 2 is 1.84 bits per heavy atom. The second-order valence-corrected chi connectivity index (χ2v) is 6.55. The Hall–Kier alpha value is -4.11. The van der Waals surface area contributed by atoms with Gasteiger partial charge in [0.05, 0.1) is 6.61 Å². The van der Waals surface area contributed by atoms with E-state index in [2.05, 4.69) is 5.32 Å². The molecule has 0 spiro atoms. The first kappa shape index (κ1) is 21.6. The lowest BCUT2D eigenvalue weighted by Crippen LogP contribution is -2.13. The summed E-state index contributed by atoms with van der Waals surface area (Å²) >= 11 is 0. The standard InChI is InChI=1S/C25H21FN2O3/c1-2-30-24-15-18(11-12-23(24)31-17-19-7-6-8-21(26)14-19)13-20(16-27)25(29)28-22-9-4-3-5-10-22/h3-15H,2,17H2,1H3,(H,28,29)/b20-13-. The van der Waals surface area contributed by atoms with E-state index in [4.69, 9.17) is 9.47 Å². The van der Waals surface area contributed by atoms with Crippen LogP contribution in [0.15, 0.2) is 78.4 Å². The molecule has 6 heteroatoms. The molecule has 0 aliphatic carbocycles. The largest absolute Gasteiger partial charge is 0.490 e. The molecule has 3 aromatic carbocycles. The summed E-state index contributed by atoms with van der Waals surface area (Å²) in [6.07, 6.45) is 1.48. The Morgan fingerprint density at radius 1 is 1.03 bits per heavy atom. The average Bonchev–Trinajstić information content (AvgIpc) is 2.78. The Kier molecular flexibility index (Phi) is 7.39. The molecule has 31 heavy (non-hydrogen) atoms. The van der Waals surface area contributed by atoms with Gasteiger partial charge in [-0.2, -0.15) is 5.26 Å². The third-order valence-electron chi connectivity index (χ3n) is 4.26. The van der Waals surface area contributed by atoms with Crippen molar-refractivity contribution >= 4 is 17.7 Å². The monoisotopic (exact) mass is 416 g/mol. The zero-order chi connectivity index (χ0) is 22.1. The highest BCUT2D eigenvalue weighted by atomic mass is 19.1. The number of para-hydroxylation sites is 1. The maximum absolute atomic E-state index is 13.4. The summed E-state index contributed by atoms with van der Waals surface area (Å²) < 4.78 is 24.8. The molecule has 0 radical (unpaired) electrons. The van der Waals surface area contributed by atoms with Crippen LogP contribution in [-0.4, -0.2) is 12.5 Å². The summed E-state index contributed by atoms with van der Waals surface area (Å²) in [7, 11) is 0. The highest BCUT2D eigenvalue weighted by Gasteiger charge is 2.12. The van der Waals surface area contributed by atoms with E-state index in [1.165, 1.54) is 18.2 Å². The summed E-state index contributed by atoms with van der Waals surface area (Å²) in [4.78, 5) is 12.4. The molecular weight excluding hydrogens is 395 g/mol. The number of nitriles is 1. The van der Waals surface area contributed by atoms with Crippen LogP contribution in [0.3, 0.4) is 0 Å². The normalized spacial score (nSPS) is 10.8. The number of amides is 1. The Morgan fingerprint density at radius 3 is 2.55 bits per heavy atom. The van der Waals surface area contributed by atoms with Crippen LogP contribution in [0.1, 0.15) is 18.1 Å². The maximum atomic E-state index is 13.4. The van der Waals surface area contributed by atoms with Gasteiger partial charge < -0.3 is 14.8 Å². The van der Waals surface area contributed by atoms with Crippen molar-refractivity contribution in [2.45, 2.75) is 13.5 Å². The maximum Gasteiger partial charge on any atom is 0.266 e. The molecule has 3 rings (SSSR count). The van der Waals surface area contributed by atoms with Gasteiger partial charge in [0.15, 0.2) is 11.5 Å². The fourth-order valence-corrected chi connectivity index (χ4v) is 2.82. The minimum Gasteiger partial charge on any atom is -0.490 e. The minimum absolute atomic E-state index is 0.0419. The van der Waals surface area contributed by atoms with Crippen molar-refractivity contribution in [1.29, 1.82) is 5.26 Å². The molecule has 0 saturated carbocycles. The molecule has 0 atom stereocenters. The number of nitrogens with one attached hydrogen (secondary N) is 1. The molecular formula is C25H21FN2O3. The summed E-state index contributed by atoms with van der Waals surface area (Å²) in [5.41, 5.74) is 1.86. The van der Waals surface area contributed by atoms with Gasteiger partial charge in [-0.15, -0.1) is 0 Å². The summed E-state index contributed by atoms with van der Waals surface area (Å²) in [5, 5.41) is 12.1. The van der Waals surface area contributed by atoms with Gasteiger partial charge in [0, 0.05) is 5.69 Å². The van der Waals surface area contributed by atoms with Crippen LogP contribution in [0.5, 0.6) is 11.5 Å². The number of ether oxygens (including phenoxy) is 2. The van der Waals surface area contributed by atoms with E-state index in [0.717, 1.165) is 0 Å². The van der Waals surface area contributed by atoms with Crippen LogP contribution in [-0.2, 0) is 11.4 Å². The molecule has 0 saturated heterocycles. The molecule has 156 valence electrons. The van der Waals surface area contributed by atoms with Crippen molar-refractivity contribution in [2.75, 3.05) is 11.9 Å². The van der Waals surface area contributed by atoms with Gasteiger partial charge in [0.1, 0.15) is 24.1 Å². The first-order valence-electron chi connectivity index (χ1n) is 9.71. The molecule has 0 heterocycles. The number of halogens is 1. The van der Waals surface area contributed by atoms with Crippen molar-refractivity contribution in [3.05, 3.63) is 95.3 Å². The number of carbonyl (C=O) groups excluding carboxylic acids is 1. The fourth-order valence-electron chi connectivity index (χ4n) is 2.82. The third kappa shape index (κ3) is 6.18. The van der Waals surface area contributed by atoms with E-state index in [9.17, 15) is 14.4 Å². The molecule has 0 bridgehead atoms. The summed E-state index contributed by atoms with van der Waals surface area (Å²) in [6.45, 7) is 2.42. The molecule has 0 unspecified atom stereocenters. The van der Waals surface area contributed by atoms with E-state index in [1.807, 2.05) is 19.1 Å². The molecule has 5 nitrogen and oxygen atoms in total. The van der Waals surface area contributed by atoms with Gasteiger partial charge in [0.25, 0.3) is 5.91 Å². The third-order valence-corrected chi connectivity index (χ3v) is 4.26. The highest BCUT2D eigenvalue weighted by molar-refractivity contribution is 6.09. The summed E-state index contributed by atoms with van der Waals surface area (Å²) in [6, 6.07) is 22.1. The number of rotatable bonds is 8. The van der Waals surface area contributed by atoms with Crippen molar-refractivity contribution in [3.63, 3.8) is 0 Å². The van der Waals surface area contributed by atoms with E-state index < -0.39 is 5.91 Å². The number of benzene rings is 3. The lowest BCUT2D eigenvalue weighted by atomic mass is 10.1. The second-order valence-electron chi connectivity index (χ2n) is 6.55. The summed E-state index contributed by atoms with van der Waals surface area (Å²) in [5.74, 6) is 0.117. The van der Waals surface area contributed by atoms with E-state index in [-0.39, 0.29) is 18.0 Å². The molecule has 0 fully saturated rings. The smallest absolute Gasteiger partial charge is 0.266 e. The van der Waals surface area contributed by atoms with Gasteiger partial charge >= 0.3 is 0 Å².